The second kappa shape index (κ2) is 6.86. The second-order valence-electron chi connectivity index (χ2n) is 7.06. The van der Waals surface area contributed by atoms with E-state index in [1.807, 2.05) is 49.7 Å². The molecule has 0 bridgehead atoms. The lowest BCUT2D eigenvalue weighted by atomic mass is 10.2. The average molecular weight is 455 g/mol. The fourth-order valence-electron chi connectivity index (χ4n) is 2.75. The lowest BCUT2D eigenvalue weighted by molar-refractivity contribution is 0.0238. The minimum atomic E-state index is -0.492. The summed E-state index contributed by atoms with van der Waals surface area (Å²) in [5, 5.41) is 4.63. The van der Waals surface area contributed by atoms with Gasteiger partial charge in [-0.1, -0.05) is 12.1 Å². The molecule has 1 amide bonds. The molecule has 2 heterocycles. The molecule has 0 saturated carbocycles. The molecule has 2 aromatic rings. The van der Waals surface area contributed by atoms with Crippen LogP contribution in [0.25, 0.3) is 0 Å². The maximum atomic E-state index is 12.3. The Kier molecular flexibility index (Phi) is 4.95. The van der Waals surface area contributed by atoms with Crippen molar-refractivity contribution >= 4 is 28.7 Å². The predicted octanol–water partition coefficient (Wildman–Crippen LogP) is 3.80. The Morgan fingerprint density at radius 1 is 1.24 bits per heavy atom. The van der Waals surface area contributed by atoms with Crippen LogP contribution in [0.3, 0.4) is 0 Å². The lowest BCUT2D eigenvalue weighted by Gasteiger charge is -2.24. The van der Waals surface area contributed by atoms with E-state index in [0.717, 1.165) is 26.3 Å². The molecule has 7 heteroatoms. The van der Waals surface area contributed by atoms with Gasteiger partial charge in [-0.15, -0.1) is 0 Å². The Balaban J connectivity index is 1.76. The molecule has 1 aliphatic heterocycles. The third-order valence-corrected chi connectivity index (χ3v) is 4.82. The van der Waals surface area contributed by atoms with Crippen LogP contribution < -0.4 is 4.74 Å². The molecule has 134 valence electrons. The zero-order valence-corrected chi connectivity index (χ0v) is 17.0. The van der Waals surface area contributed by atoms with Gasteiger partial charge >= 0.3 is 6.09 Å². The predicted molar refractivity (Wildman–Crippen MR) is 103 cm³/mol. The standard InChI is InChI=1S/C18H22IN3O3/c1-18(2,3)25-17(23)21-10-14-15(11-21)22(20-16(14)19)9-12-5-7-13(24-4)8-6-12/h5-8H,9-11H2,1-4H3. The Morgan fingerprint density at radius 3 is 2.52 bits per heavy atom. The molecule has 0 atom stereocenters. The van der Waals surface area contributed by atoms with E-state index in [-0.39, 0.29) is 6.09 Å². The summed E-state index contributed by atoms with van der Waals surface area (Å²) in [6, 6.07) is 7.94. The van der Waals surface area contributed by atoms with E-state index < -0.39 is 5.60 Å². The average Bonchev–Trinajstić information content (AvgIpc) is 3.09. The van der Waals surface area contributed by atoms with Crippen molar-refractivity contribution in [2.24, 2.45) is 0 Å². The van der Waals surface area contributed by atoms with Crippen LogP contribution in [0.5, 0.6) is 5.75 Å². The molecule has 6 nitrogen and oxygen atoms in total. The first kappa shape index (κ1) is 18.0. The van der Waals surface area contributed by atoms with E-state index in [0.29, 0.717) is 19.6 Å². The van der Waals surface area contributed by atoms with Gasteiger partial charge in [0.2, 0.25) is 0 Å². The highest BCUT2D eigenvalue weighted by Gasteiger charge is 2.32. The number of hydrogen-bond donors (Lipinski definition) is 0. The number of ether oxygens (including phenoxy) is 2. The molecular formula is C18H22IN3O3. The number of aromatic nitrogens is 2. The number of rotatable bonds is 3. The number of carbonyl (C=O) groups excluding carboxylic acids is 1. The molecule has 1 aromatic carbocycles. The van der Waals surface area contributed by atoms with E-state index in [9.17, 15) is 4.79 Å². The van der Waals surface area contributed by atoms with Crippen LogP contribution >= 0.6 is 22.6 Å². The normalized spacial score (nSPS) is 13.7. The molecule has 0 saturated heterocycles. The maximum Gasteiger partial charge on any atom is 0.410 e. The molecule has 0 spiro atoms. The van der Waals surface area contributed by atoms with Crippen LogP contribution in [0, 0.1) is 3.70 Å². The van der Waals surface area contributed by atoms with Gasteiger partial charge in [-0.2, -0.15) is 5.10 Å². The van der Waals surface area contributed by atoms with Crippen molar-refractivity contribution in [3.63, 3.8) is 0 Å². The number of hydrogen-bond acceptors (Lipinski definition) is 4. The van der Waals surface area contributed by atoms with Crippen LogP contribution in [0.1, 0.15) is 37.6 Å². The third kappa shape index (κ3) is 4.08. The summed E-state index contributed by atoms with van der Waals surface area (Å²) in [6.45, 7) is 7.37. The summed E-state index contributed by atoms with van der Waals surface area (Å²) in [7, 11) is 1.66. The largest absolute Gasteiger partial charge is 0.497 e. The molecule has 0 N–H and O–H groups in total. The van der Waals surface area contributed by atoms with Crippen molar-refractivity contribution in [1.29, 1.82) is 0 Å². The van der Waals surface area contributed by atoms with E-state index in [4.69, 9.17) is 9.47 Å². The van der Waals surface area contributed by atoms with Crippen molar-refractivity contribution < 1.29 is 14.3 Å². The number of carbonyl (C=O) groups is 1. The summed E-state index contributed by atoms with van der Waals surface area (Å²) >= 11 is 2.23. The molecule has 1 aromatic heterocycles. The number of methoxy groups -OCH3 is 1. The van der Waals surface area contributed by atoms with E-state index >= 15 is 0 Å². The molecule has 0 unspecified atom stereocenters. The Hall–Kier alpha value is -1.77. The number of fused-ring (bicyclic) bond motifs is 1. The summed E-state index contributed by atoms with van der Waals surface area (Å²) in [6.07, 6.45) is -0.282. The minimum Gasteiger partial charge on any atom is -0.497 e. The first-order chi connectivity index (χ1) is 11.8. The fourth-order valence-corrected chi connectivity index (χ4v) is 3.50. The van der Waals surface area contributed by atoms with E-state index in [1.54, 1.807) is 12.0 Å². The van der Waals surface area contributed by atoms with Gasteiger partial charge in [0, 0.05) is 5.56 Å². The molecule has 0 aliphatic carbocycles. The number of nitrogens with zero attached hydrogens (tertiary/aromatic N) is 3. The summed E-state index contributed by atoms with van der Waals surface area (Å²) in [5.74, 6) is 0.833. The van der Waals surface area contributed by atoms with E-state index in [1.165, 1.54) is 0 Å². The van der Waals surface area contributed by atoms with Crippen LogP contribution in [-0.2, 0) is 24.4 Å². The highest BCUT2D eigenvalue weighted by Crippen LogP contribution is 2.29. The number of halogens is 1. The van der Waals surface area contributed by atoms with Gasteiger partial charge in [0.25, 0.3) is 0 Å². The highest BCUT2D eigenvalue weighted by atomic mass is 127. The maximum absolute atomic E-state index is 12.3. The fraction of sp³-hybridized carbons (Fsp3) is 0.444. The van der Waals surface area contributed by atoms with Crippen LogP contribution in [-0.4, -0.2) is 33.5 Å². The topological polar surface area (TPSA) is 56.6 Å². The zero-order valence-electron chi connectivity index (χ0n) is 14.9. The SMILES string of the molecule is COc1ccc(Cn2nc(I)c3c2CN(C(=O)OC(C)(C)C)C3)cc1. The highest BCUT2D eigenvalue weighted by molar-refractivity contribution is 14.1. The first-order valence-electron chi connectivity index (χ1n) is 8.12. The minimum absolute atomic E-state index is 0.282. The van der Waals surface area contributed by atoms with Gasteiger partial charge in [-0.25, -0.2) is 4.79 Å². The molecule has 1 aliphatic rings. The van der Waals surface area contributed by atoms with Gasteiger partial charge in [-0.05, 0) is 61.1 Å². The van der Waals surface area contributed by atoms with Gasteiger partial charge in [0.15, 0.2) is 0 Å². The van der Waals surface area contributed by atoms with E-state index in [2.05, 4.69) is 27.7 Å². The van der Waals surface area contributed by atoms with Crippen molar-refractivity contribution in [1.82, 2.24) is 14.7 Å². The monoisotopic (exact) mass is 455 g/mol. The molecule has 3 rings (SSSR count). The third-order valence-electron chi connectivity index (χ3n) is 3.95. The molecule has 25 heavy (non-hydrogen) atoms. The first-order valence-corrected chi connectivity index (χ1v) is 9.19. The Bertz CT molecular complexity index is 778. The summed E-state index contributed by atoms with van der Waals surface area (Å²) < 4.78 is 13.6. The molecular weight excluding hydrogens is 433 g/mol. The lowest BCUT2D eigenvalue weighted by Crippen LogP contribution is -2.33. The molecule has 0 radical (unpaired) electrons. The van der Waals surface area contributed by atoms with Crippen LogP contribution in [0.15, 0.2) is 24.3 Å². The smallest absolute Gasteiger partial charge is 0.410 e. The molecule has 0 fully saturated rings. The van der Waals surface area contributed by atoms with Gasteiger partial charge in [-0.3, -0.25) is 9.58 Å². The Labute approximate surface area is 161 Å². The summed E-state index contributed by atoms with van der Waals surface area (Å²) in [5.41, 5.74) is 2.83. The van der Waals surface area contributed by atoms with Crippen LogP contribution in [0.2, 0.25) is 0 Å². The van der Waals surface area contributed by atoms with Crippen molar-refractivity contribution in [2.45, 2.75) is 46.0 Å². The van der Waals surface area contributed by atoms with Crippen LogP contribution in [0.4, 0.5) is 4.79 Å². The quantitative estimate of drug-likeness (QED) is 0.661. The summed E-state index contributed by atoms with van der Waals surface area (Å²) in [4.78, 5) is 14.1. The van der Waals surface area contributed by atoms with Crippen molar-refractivity contribution in [3.05, 3.63) is 44.8 Å². The zero-order chi connectivity index (χ0) is 18.2. The number of amides is 1. The number of benzene rings is 1. The van der Waals surface area contributed by atoms with Crippen molar-refractivity contribution in [2.75, 3.05) is 7.11 Å². The second-order valence-corrected chi connectivity index (χ2v) is 8.08. The van der Waals surface area contributed by atoms with Gasteiger partial charge < -0.3 is 9.47 Å². The van der Waals surface area contributed by atoms with Crippen molar-refractivity contribution in [3.8, 4) is 5.75 Å². The van der Waals surface area contributed by atoms with Gasteiger partial charge in [0.1, 0.15) is 15.1 Å². The Morgan fingerprint density at radius 2 is 1.92 bits per heavy atom. The van der Waals surface area contributed by atoms with Gasteiger partial charge in [0.05, 0.1) is 32.4 Å².